The van der Waals surface area contributed by atoms with E-state index in [1.165, 1.54) is 4.90 Å². The van der Waals surface area contributed by atoms with Gasteiger partial charge in [-0.2, -0.15) is 0 Å². The fourth-order valence-electron chi connectivity index (χ4n) is 2.93. The van der Waals surface area contributed by atoms with Crippen LogP contribution in [0.3, 0.4) is 0 Å². The van der Waals surface area contributed by atoms with Gasteiger partial charge in [0.1, 0.15) is 24.2 Å². The number of amides is 2. The second kappa shape index (κ2) is 6.56. The van der Waals surface area contributed by atoms with Crippen molar-refractivity contribution in [3.8, 4) is 11.5 Å². The lowest BCUT2D eigenvalue weighted by atomic mass is 10.2. The minimum absolute atomic E-state index is 0.0766. The van der Waals surface area contributed by atoms with E-state index in [0.29, 0.717) is 17.2 Å². The molecule has 2 aliphatic rings. The SMILES string of the molecule is CN1CC[C@@H](Oc2ccc3c(c2)N(C)C(=O)[C@@H](OC(N)=O)CO3)C1. The maximum Gasteiger partial charge on any atom is 0.405 e. The van der Waals surface area contributed by atoms with Crippen molar-refractivity contribution in [3.63, 3.8) is 0 Å². The van der Waals surface area contributed by atoms with Crippen LogP contribution in [0, 0.1) is 0 Å². The molecule has 0 aromatic heterocycles. The van der Waals surface area contributed by atoms with Gasteiger partial charge in [-0.25, -0.2) is 4.79 Å². The van der Waals surface area contributed by atoms with Crippen LogP contribution >= 0.6 is 0 Å². The molecule has 2 N–H and O–H groups in total. The van der Waals surface area contributed by atoms with Gasteiger partial charge in [0.05, 0.1) is 5.69 Å². The smallest absolute Gasteiger partial charge is 0.405 e. The lowest BCUT2D eigenvalue weighted by Crippen LogP contribution is -2.41. The van der Waals surface area contributed by atoms with Crippen molar-refractivity contribution in [1.29, 1.82) is 0 Å². The van der Waals surface area contributed by atoms with Gasteiger partial charge in [-0.1, -0.05) is 0 Å². The van der Waals surface area contributed by atoms with Crippen LogP contribution in [0.2, 0.25) is 0 Å². The van der Waals surface area contributed by atoms with Gasteiger partial charge in [0.2, 0.25) is 6.10 Å². The fraction of sp³-hybridized carbons (Fsp3) is 0.500. The Morgan fingerprint density at radius 2 is 2.17 bits per heavy atom. The van der Waals surface area contributed by atoms with Crippen LogP contribution in [-0.4, -0.2) is 62.9 Å². The summed E-state index contributed by atoms with van der Waals surface area (Å²) in [5.41, 5.74) is 5.57. The zero-order chi connectivity index (χ0) is 17.3. The molecule has 1 saturated heterocycles. The Kier molecular flexibility index (Phi) is 4.48. The molecule has 2 heterocycles. The molecule has 3 rings (SSSR count). The third kappa shape index (κ3) is 3.38. The van der Waals surface area contributed by atoms with Crippen molar-refractivity contribution in [3.05, 3.63) is 18.2 Å². The van der Waals surface area contributed by atoms with Gasteiger partial charge in [0.25, 0.3) is 5.91 Å². The number of carbonyl (C=O) groups is 2. The lowest BCUT2D eigenvalue weighted by molar-refractivity contribution is -0.127. The van der Waals surface area contributed by atoms with E-state index in [0.717, 1.165) is 19.5 Å². The number of likely N-dealkylation sites (N-methyl/N-ethyl adjacent to an activating group) is 2. The van der Waals surface area contributed by atoms with Gasteiger partial charge in [-0.3, -0.25) is 4.79 Å². The molecule has 2 amide bonds. The number of hydrogen-bond donors (Lipinski definition) is 1. The number of ether oxygens (including phenoxy) is 3. The Labute approximate surface area is 140 Å². The first-order valence-corrected chi connectivity index (χ1v) is 7.79. The Balaban J connectivity index is 1.78. The summed E-state index contributed by atoms with van der Waals surface area (Å²) in [5, 5.41) is 0. The molecule has 0 saturated carbocycles. The van der Waals surface area contributed by atoms with Gasteiger partial charge >= 0.3 is 6.09 Å². The molecule has 24 heavy (non-hydrogen) atoms. The Hall–Kier alpha value is -2.48. The van der Waals surface area contributed by atoms with E-state index >= 15 is 0 Å². The predicted octanol–water partition coefficient (Wildman–Crippen LogP) is 0.589. The summed E-state index contributed by atoms with van der Waals surface area (Å²) in [7, 11) is 3.65. The molecule has 8 nitrogen and oxygen atoms in total. The van der Waals surface area contributed by atoms with E-state index in [-0.39, 0.29) is 12.7 Å². The molecule has 130 valence electrons. The molecule has 1 aromatic carbocycles. The van der Waals surface area contributed by atoms with E-state index < -0.39 is 18.1 Å². The molecule has 2 atom stereocenters. The number of hydrogen-bond acceptors (Lipinski definition) is 6. The van der Waals surface area contributed by atoms with Crippen molar-refractivity contribution < 1.29 is 23.8 Å². The van der Waals surface area contributed by atoms with Gasteiger partial charge in [-0.15, -0.1) is 0 Å². The van der Waals surface area contributed by atoms with Crippen LogP contribution in [-0.2, 0) is 9.53 Å². The average Bonchev–Trinajstić information content (AvgIpc) is 2.90. The van der Waals surface area contributed by atoms with E-state index in [4.69, 9.17) is 19.9 Å². The summed E-state index contributed by atoms with van der Waals surface area (Å²) in [6, 6.07) is 5.32. The molecule has 1 aromatic rings. The topological polar surface area (TPSA) is 94.3 Å². The number of nitrogens with two attached hydrogens (primary N) is 1. The van der Waals surface area contributed by atoms with E-state index in [1.54, 1.807) is 19.2 Å². The van der Waals surface area contributed by atoms with Crippen LogP contribution in [0.15, 0.2) is 18.2 Å². The van der Waals surface area contributed by atoms with Gasteiger partial charge in [0.15, 0.2) is 0 Å². The zero-order valence-corrected chi connectivity index (χ0v) is 13.7. The monoisotopic (exact) mass is 335 g/mol. The largest absolute Gasteiger partial charge is 0.489 e. The van der Waals surface area contributed by atoms with Gasteiger partial charge in [0, 0.05) is 26.2 Å². The molecule has 0 bridgehead atoms. The number of fused-ring (bicyclic) bond motifs is 1. The first-order chi connectivity index (χ1) is 11.4. The summed E-state index contributed by atoms with van der Waals surface area (Å²) < 4.78 is 16.4. The molecule has 1 fully saturated rings. The summed E-state index contributed by atoms with van der Waals surface area (Å²) in [6.45, 7) is 1.80. The number of rotatable bonds is 3. The molecule has 0 aliphatic carbocycles. The third-order valence-electron chi connectivity index (χ3n) is 4.20. The molecule has 0 radical (unpaired) electrons. The lowest BCUT2D eigenvalue weighted by Gasteiger charge is -2.20. The maximum absolute atomic E-state index is 12.4. The van der Waals surface area contributed by atoms with Gasteiger partial charge in [-0.05, 0) is 25.6 Å². The minimum Gasteiger partial charge on any atom is -0.489 e. The molecular formula is C16H21N3O5. The number of nitrogens with zero attached hydrogens (tertiary/aromatic N) is 2. The highest BCUT2D eigenvalue weighted by Gasteiger charge is 2.32. The highest BCUT2D eigenvalue weighted by Crippen LogP contribution is 2.35. The summed E-state index contributed by atoms with van der Waals surface area (Å²) in [4.78, 5) is 26.9. The molecular weight excluding hydrogens is 314 g/mol. The normalized spacial score (nSPS) is 24.1. The van der Waals surface area contributed by atoms with Crippen LogP contribution in [0.1, 0.15) is 6.42 Å². The van der Waals surface area contributed by atoms with Crippen molar-refractivity contribution in [2.45, 2.75) is 18.6 Å². The fourth-order valence-corrected chi connectivity index (χ4v) is 2.93. The second-order valence-electron chi connectivity index (χ2n) is 6.05. The molecule has 0 spiro atoms. The summed E-state index contributed by atoms with van der Waals surface area (Å²) in [5.74, 6) is 0.800. The van der Waals surface area contributed by atoms with E-state index in [2.05, 4.69) is 11.9 Å². The highest BCUT2D eigenvalue weighted by atomic mass is 16.6. The minimum atomic E-state index is -1.06. The first-order valence-electron chi connectivity index (χ1n) is 7.79. The second-order valence-corrected chi connectivity index (χ2v) is 6.05. The first kappa shape index (κ1) is 16.4. The Morgan fingerprint density at radius 1 is 1.38 bits per heavy atom. The number of likely N-dealkylation sites (tertiary alicyclic amines) is 1. The molecule has 2 aliphatic heterocycles. The standard InChI is InChI=1S/C16H21N3O5/c1-18-6-5-11(8-18)23-10-3-4-13-12(7-10)19(2)15(20)14(9-22-13)24-16(17)21/h3-4,7,11,14H,5-6,8-9H2,1-2H3,(H2,17,21)/t11-,14+/m1/s1. The highest BCUT2D eigenvalue weighted by molar-refractivity contribution is 5.99. The summed E-state index contributed by atoms with van der Waals surface area (Å²) >= 11 is 0. The van der Waals surface area contributed by atoms with Crippen molar-refractivity contribution in [1.82, 2.24) is 4.90 Å². The zero-order valence-electron chi connectivity index (χ0n) is 13.7. The van der Waals surface area contributed by atoms with Crippen LogP contribution in [0.25, 0.3) is 0 Å². The van der Waals surface area contributed by atoms with E-state index in [1.807, 2.05) is 6.07 Å². The van der Waals surface area contributed by atoms with Crippen LogP contribution in [0.5, 0.6) is 11.5 Å². The maximum atomic E-state index is 12.4. The van der Waals surface area contributed by atoms with Crippen LogP contribution in [0.4, 0.5) is 10.5 Å². The van der Waals surface area contributed by atoms with Crippen LogP contribution < -0.4 is 20.1 Å². The number of primary amides is 1. The summed E-state index contributed by atoms with van der Waals surface area (Å²) in [6.07, 6.45) is -0.974. The number of carbonyl (C=O) groups excluding carboxylic acids is 2. The van der Waals surface area contributed by atoms with Gasteiger partial charge < -0.3 is 29.7 Å². The number of anilines is 1. The van der Waals surface area contributed by atoms with Crippen molar-refractivity contribution in [2.24, 2.45) is 5.73 Å². The molecule has 0 unspecified atom stereocenters. The molecule has 8 heteroatoms. The Morgan fingerprint density at radius 3 is 2.83 bits per heavy atom. The predicted molar refractivity (Wildman–Crippen MR) is 86.3 cm³/mol. The average molecular weight is 335 g/mol. The van der Waals surface area contributed by atoms with Crippen molar-refractivity contribution in [2.75, 3.05) is 38.7 Å². The quantitative estimate of drug-likeness (QED) is 0.869. The third-order valence-corrected chi connectivity index (χ3v) is 4.20. The van der Waals surface area contributed by atoms with E-state index in [9.17, 15) is 9.59 Å². The number of benzene rings is 1. The van der Waals surface area contributed by atoms with Crippen molar-refractivity contribution >= 4 is 17.7 Å². The Bertz CT molecular complexity index is 651.